The molecule has 0 aliphatic carbocycles. The molecule has 0 amide bonds. The lowest BCUT2D eigenvalue weighted by Gasteiger charge is -2.09. The Morgan fingerprint density at radius 1 is 0.926 bits per heavy atom. The molecule has 0 aliphatic heterocycles. The van der Waals surface area contributed by atoms with Gasteiger partial charge in [0.2, 0.25) is 0 Å². The summed E-state index contributed by atoms with van der Waals surface area (Å²) in [7, 11) is 3.09. The Hall–Kier alpha value is -3.41. The van der Waals surface area contributed by atoms with E-state index in [1.807, 2.05) is 18.2 Å². The lowest BCUT2D eigenvalue weighted by molar-refractivity contribution is 0.355. The van der Waals surface area contributed by atoms with Crippen LogP contribution in [0.1, 0.15) is 17.1 Å². The third kappa shape index (κ3) is 3.10. The number of H-pyrrole nitrogens is 1. The van der Waals surface area contributed by atoms with Crippen molar-refractivity contribution in [3.63, 3.8) is 0 Å². The van der Waals surface area contributed by atoms with Gasteiger partial charge in [-0.2, -0.15) is 0 Å². The number of hydrogen-bond acceptors (Lipinski definition) is 5. The largest absolute Gasteiger partial charge is 0.493 e. The van der Waals surface area contributed by atoms with Crippen LogP contribution in [0.3, 0.4) is 0 Å². The molecule has 2 aromatic carbocycles. The van der Waals surface area contributed by atoms with Crippen molar-refractivity contribution in [3.8, 4) is 11.5 Å². The van der Waals surface area contributed by atoms with Crippen LogP contribution in [0.2, 0.25) is 0 Å². The Kier molecular flexibility index (Phi) is 4.24. The van der Waals surface area contributed by atoms with Crippen LogP contribution in [-0.2, 0) is 6.42 Å². The van der Waals surface area contributed by atoms with E-state index in [0.717, 1.165) is 16.6 Å². The van der Waals surface area contributed by atoms with Crippen molar-refractivity contribution in [2.45, 2.75) is 13.3 Å². The summed E-state index contributed by atoms with van der Waals surface area (Å²) in [6, 6.07) is 13.4. The Labute approximate surface area is 155 Å². The van der Waals surface area contributed by atoms with Crippen molar-refractivity contribution in [2.24, 2.45) is 0 Å². The van der Waals surface area contributed by atoms with Gasteiger partial charge in [0.15, 0.2) is 11.5 Å². The molecule has 0 aliphatic rings. The molecule has 4 rings (SSSR count). The Bertz CT molecular complexity index is 1210. The van der Waals surface area contributed by atoms with Crippen LogP contribution < -0.4 is 15.0 Å². The molecule has 27 heavy (non-hydrogen) atoms. The van der Waals surface area contributed by atoms with Gasteiger partial charge >= 0.3 is 0 Å². The average molecular weight is 361 g/mol. The Morgan fingerprint density at radius 2 is 1.70 bits per heavy atom. The Morgan fingerprint density at radius 3 is 2.48 bits per heavy atom. The van der Waals surface area contributed by atoms with Crippen molar-refractivity contribution in [1.82, 2.24) is 15.0 Å². The molecule has 0 unspecified atom stereocenters. The monoisotopic (exact) mass is 361 g/mol. The van der Waals surface area contributed by atoms with Gasteiger partial charge in [0.1, 0.15) is 5.82 Å². The number of nitrogens with zero attached hydrogens (tertiary/aromatic N) is 2. The van der Waals surface area contributed by atoms with E-state index < -0.39 is 0 Å². The molecule has 0 saturated heterocycles. The summed E-state index contributed by atoms with van der Waals surface area (Å²) in [4.78, 5) is 24.6. The van der Waals surface area contributed by atoms with Crippen LogP contribution in [0.25, 0.3) is 21.8 Å². The molecule has 0 radical (unpaired) electrons. The molecule has 2 aromatic heterocycles. The second-order valence-corrected chi connectivity index (χ2v) is 6.36. The van der Waals surface area contributed by atoms with Gasteiger partial charge in [-0.05, 0) is 30.7 Å². The number of methoxy groups -OCH3 is 2. The molecule has 6 nitrogen and oxygen atoms in total. The van der Waals surface area contributed by atoms with Gasteiger partial charge in [0, 0.05) is 23.6 Å². The fourth-order valence-corrected chi connectivity index (χ4v) is 3.22. The summed E-state index contributed by atoms with van der Waals surface area (Å²) in [5, 5.41) is 1.58. The van der Waals surface area contributed by atoms with E-state index in [9.17, 15) is 4.79 Å². The van der Waals surface area contributed by atoms with E-state index in [4.69, 9.17) is 14.5 Å². The number of pyridine rings is 1. The molecule has 0 atom stereocenters. The zero-order valence-corrected chi connectivity index (χ0v) is 15.4. The van der Waals surface area contributed by atoms with Crippen LogP contribution in [0.5, 0.6) is 11.5 Å². The third-order valence-electron chi connectivity index (χ3n) is 4.62. The maximum atomic E-state index is 12.5. The SMILES string of the molecule is COc1cc2nc(Cc3ccc4c(C)cccc4n3)[nH]c(=O)c2cc1OC. The number of aryl methyl sites for hydroxylation is 1. The standard InChI is InChI=1S/C21H19N3O3/c1-12-5-4-6-16-14(12)8-7-13(22-16)9-20-23-17-11-19(27-3)18(26-2)10-15(17)21(25)24-20/h4-8,10-11H,9H2,1-3H3,(H,23,24,25). The highest BCUT2D eigenvalue weighted by Crippen LogP contribution is 2.30. The van der Waals surface area contributed by atoms with Gasteiger partial charge in [-0.1, -0.05) is 18.2 Å². The third-order valence-corrected chi connectivity index (χ3v) is 4.62. The summed E-state index contributed by atoms with van der Waals surface area (Å²) in [6.45, 7) is 2.06. The topological polar surface area (TPSA) is 77.1 Å². The molecule has 0 saturated carbocycles. The van der Waals surface area contributed by atoms with Gasteiger partial charge in [-0.3, -0.25) is 9.78 Å². The molecule has 2 heterocycles. The van der Waals surface area contributed by atoms with Gasteiger partial charge in [0.25, 0.3) is 5.56 Å². The summed E-state index contributed by atoms with van der Waals surface area (Å²) in [5.41, 5.74) is 3.30. The molecule has 0 bridgehead atoms. The summed E-state index contributed by atoms with van der Waals surface area (Å²) in [6.07, 6.45) is 0.434. The van der Waals surface area contributed by atoms with Crippen molar-refractivity contribution in [1.29, 1.82) is 0 Å². The zero-order valence-electron chi connectivity index (χ0n) is 15.4. The highest BCUT2D eigenvalue weighted by atomic mass is 16.5. The van der Waals surface area contributed by atoms with E-state index >= 15 is 0 Å². The minimum Gasteiger partial charge on any atom is -0.493 e. The van der Waals surface area contributed by atoms with E-state index in [1.165, 1.54) is 12.7 Å². The molecule has 136 valence electrons. The van der Waals surface area contributed by atoms with Crippen molar-refractivity contribution < 1.29 is 9.47 Å². The number of hydrogen-bond donors (Lipinski definition) is 1. The van der Waals surface area contributed by atoms with Crippen molar-refractivity contribution in [2.75, 3.05) is 14.2 Å². The minimum absolute atomic E-state index is 0.215. The zero-order chi connectivity index (χ0) is 19.0. The molecule has 0 fully saturated rings. The first-order chi connectivity index (χ1) is 13.1. The Balaban J connectivity index is 1.77. The molecule has 1 N–H and O–H groups in total. The van der Waals surface area contributed by atoms with Crippen molar-refractivity contribution in [3.05, 3.63) is 69.9 Å². The normalized spacial score (nSPS) is 11.1. The van der Waals surface area contributed by atoms with Gasteiger partial charge < -0.3 is 14.5 Å². The van der Waals surface area contributed by atoms with Gasteiger partial charge in [-0.15, -0.1) is 0 Å². The van der Waals surface area contributed by atoms with E-state index in [2.05, 4.69) is 29.0 Å². The number of benzene rings is 2. The molecule has 0 spiro atoms. The number of ether oxygens (including phenoxy) is 2. The highest BCUT2D eigenvalue weighted by Gasteiger charge is 2.12. The molecule has 6 heteroatoms. The van der Waals surface area contributed by atoms with Crippen LogP contribution in [0.4, 0.5) is 0 Å². The number of nitrogens with one attached hydrogen (secondary N) is 1. The lowest BCUT2D eigenvalue weighted by atomic mass is 10.1. The lowest BCUT2D eigenvalue weighted by Crippen LogP contribution is -2.13. The predicted octanol–water partition coefficient (Wildman–Crippen LogP) is 3.39. The fraction of sp³-hybridized carbons (Fsp3) is 0.190. The number of aromatic amines is 1. The minimum atomic E-state index is -0.215. The average Bonchev–Trinajstić information content (AvgIpc) is 2.67. The summed E-state index contributed by atoms with van der Waals surface area (Å²) < 4.78 is 10.6. The first kappa shape index (κ1) is 17.0. The van der Waals surface area contributed by atoms with E-state index in [1.54, 1.807) is 19.2 Å². The molecular formula is C21H19N3O3. The van der Waals surface area contributed by atoms with Crippen LogP contribution in [0, 0.1) is 6.92 Å². The quantitative estimate of drug-likeness (QED) is 0.603. The van der Waals surface area contributed by atoms with Crippen LogP contribution in [0.15, 0.2) is 47.3 Å². The molecule has 4 aromatic rings. The predicted molar refractivity (Wildman–Crippen MR) is 105 cm³/mol. The fourth-order valence-electron chi connectivity index (χ4n) is 3.22. The summed E-state index contributed by atoms with van der Waals surface area (Å²) >= 11 is 0. The molecular weight excluding hydrogens is 342 g/mol. The van der Waals surface area contributed by atoms with Crippen LogP contribution >= 0.6 is 0 Å². The number of aromatic nitrogens is 3. The van der Waals surface area contributed by atoms with E-state index in [-0.39, 0.29) is 5.56 Å². The first-order valence-corrected chi connectivity index (χ1v) is 8.59. The first-order valence-electron chi connectivity index (χ1n) is 8.59. The van der Waals surface area contributed by atoms with Gasteiger partial charge in [0.05, 0.1) is 30.6 Å². The van der Waals surface area contributed by atoms with E-state index in [0.29, 0.717) is 34.6 Å². The maximum Gasteiger partial charge on any atom is 0.258 e. The van der Waals surface area contributed by atoms with Crippen molar-refractivity contribution >= 4 is 21.8 Å². The maximum absolute atomic E-state index is 12.5. The second kappa shape index (κ2) is 6.72. The number of fused-ring (bicyclic) bond motifs is 2. The van der Waals surface area contributed by atoms with Crippen LogP contribution in [-0.4, -0.2) is 29.2 Å². The van der Waals surface area contributed by atoms with Gasteiger partial charge in [-0.25, -0.2) is 4.98 Å². The smallest absolute Gasteiger partial charge is 0.258 e. The number of rotatable bonds is 4. The highest BCUT2D eigenvalue weighted by molar-refractivity contribution is 5.83. The second-order valence-electron chi connectivity index (χ2n) is 6.36. The summed E-state index contributed by atoms with van der Waals surface area (Å²) in [5.74, 6) is 1.59.